The number of hydrogen-bond donors (Lipinski definition) is 2. The number of nitrogens with one attached hydrogen (secondary N) is 1. The van der Waals surface area contributed by atoms with Crippen molar-refractivity contribution in [3.8, 4) is 5.75 Å². The summed E-state index contributed by atoms with van der Waals surface area (Å²) in [6.45, 7) is 3.66. The minimum absolute atomic E-state index is 0.205. The van der Waals surface area contributed by atoms with Gasteiger partial charge in [-0.2, -0.15) is 0 Å². The summed E-state index contributed by atoms with van der Waals surface area (Å²) in [5.74, 6) is 0.492. The van der Waals surface area contributed by atoms with Gasteiger partial charge in [-0.25, -0.2) is 0 Å². The molecule has 0 amide bonds. The Bertz CT molecular complexity index is 923. The van der Waals surface area contributed by atoms with Crippen LogP contribution in [0.5, 0.6) is 5.75 Å². The molecule has 0 aliphatic heterocycles. The van der Waals surface area contributed by atoms with Crippen molar-refractivity contribution in [3.05, 3.63) is 69.2 Å². The van der Waals surface area contributed by atoms with Gasteiger partial charge in [0.1, 0.15) is 11.9 Å². The van der Waals surface area contributed by atoms with E-state index in [0.717, 1.165) is 11.1 Å². The summed E-state index contributed by atoms with van der Waals surface area (Å²) in [6.07, 6.45) is 1.45. The van der Waals surface area contributed by atoms with E-state index in [2.05, 4.69) is 9.97 Å². The van der Waals surface area contributed by atoms with E-state index >= 15 is 0 Å². The molecule has 3 aromatic rings. The smallest absolute Gasteiger partial charge is 0.253 e. The molecule has 0 saturated carbocycles. The quantitative estimate of drug-likeness (QED) is 0.756. The number of rotatable bonds is 4. The van der Waals surface area contributed by atoms with Crippen LogP contribution in [-0.4, -0.2) is 9.97 Å². The Morgan fingerprint density at radius 2 is 2.04 bits per heavy atom. The molecule has 0 aliphatic rings. The maximum atomic E-state index is 12.1. The van der Waals surface area contributed by atoms with Crippen LogP contribution in [0.2, 0.25) is 5.02 Å². The van der Waals surface area contributed by atoms with Crippen molar-refractivity contribution in [2.24, 2.45) is 5.73 Å². The fourth-order valence-electron chi connectivity index (χ4n) is 2.52. The van der Waals surface area contributed by atoms with Gasteiger partial charge in [0.05, 0.1) is 16.2 Å². The van der Waals surface area contributed by atoms with Gasteiger partial charge in [0.2, 0.25) is 0 Å². The molecule has 2 aromatic heterocycles. The third kappa shape index (κ3) is 3.27. The first kappa shape index (κ1) is 16.5. The van der Waals surface area contributed by atoms with Crippen LogP contribution < -0.4 is 16.0 Å². The lowest BCUT2D eigenvalue weighted by molar-refractivity contribution is 0.222. The fourth-order valence-corrected chi connectivity index (χ4v) is 2.74. The molecule has 1 aromatic carbocycles. The van der Waals surface area contributed by atoms with E-state index in [1.54, 1.807) is 31.3 Å². The Morgan fingerprint density at radius 1 is 1.25 bits per heavy atom. The topological polar surface area (TPSA) is 81.0 Å². The molecule has 0 aliphatic carbocycles. The summed E-state index contributed by atoms with van der Waals surface area (Å²) in [5.41, 5.74) is 7.59. The number of pyridine rings is 2. The fraction of sp³-hybridized carbons (Fsp3) is 0.222. The summed E-state index contributed by atoms with van der Waals surface area (Å²) in [6, 6.07) is 10.5. The molecule has 2 heterocycles. The normalized spacial score (nSPS) is 13.7. The van der Waals surface area contributed by atoms with Crippen LogP contribution in [0.1, 0.15) is 37.3 Å². The van der Waals surface area contributed by atoms with Crippen molar-refractivity contribution < 1.29 is 4.74 Å². The zero-order valence-electron chi connectivity index (χ0n) is 13.4. The van der Waals surface area contributed by atoms with Gasteiger partial charge < -0.3 is 15.5 Å². The maximum Gasteiger partial charge on any atom is 0.253 e. The number of H-pyrrole nitrogens is 1. The molecule has 0 bridgehead atoms. The minimum Gasteiger partial charge on any atom is -0.483 e. The summed E-state index contributed by atoms with van der Waals surface area (Å²) in [5, 5.41) is 1.28. The highest BCUT2D eigenvalue weighted by Crippen LogP contribution is 2.32. The van der Waals surface area contributed by atoms with Crippen molar-refractivity contribution in [2.45, 2.75) is 26.0 Å². The van der Waals surface area contributed by atoms with Gasteiger partial charge in [0.15, 0.2) is 0 Å². The van der Waals surface area contributed by atoms with Crippen molar-refractivity contribution >= 4 is 22.5 Å². The molecular formula is C18H18ClN3O2. The van der Waals surface area contributed by atoms with E-state index in [-0.39, 0.29) is 17.7 Å². The molecule has 124 valence electrons. The van der Waals surface area contributed by atoms with Gasteiger partial charge in [-0.1, -0.05) is 17.7 Å². The molecule has 0 fully saturated rings. The Labute approximate surface area is 144 Å². The van der Waals surface area contributed by atoms with Crippen LogP contribution >= 0.6 is 11.6 Å². The largest absolute Gasteiger partial charge is 0.483 e. The molecule has 6 heteroatoms. The van der Waals surface area contributed by atoms with Crippen LogP contribution in [0, 0.1) is 0 Å². The lowest BCUT2D eigenvalue weighted by Crippen LogP contribution is -2.19. The monoisotopic (exact) mass is 343 g/mol. The SMILES string of the molecule is C[C@H](N)c1cc2cc(Cl)c(O[C@H](C)c3ccccn3)cc2[nH]c1=O. The third-order valence-corrected chi connectivity index (χ3v) is 4.12. The molecule has 24 heavy (non-hydrogen) atoms. The maximum absolute atomic E-state index is 12.1. The van der Waals surface area contributed by atoms with E-state index in [0.29, 0.717) is 21.9 Å². The first-order valence-electron chi connectivity index (χ1n) is 7.65. The van der Waals surface area contributed by atoms with Crippen LogP contribution in [0.3, 0.4) is 0 Å². The Hall–Kier alpha value is -2.37. The van der Waals surface area contributed by atoms with E-state index in [4.69, 9.17) is 22.1 Å². The third-order valence-electron chi connectivity index (χ3n) is 3.82. The number of nitrogens with two attached hydrogens (primary N) is 1. The molecule has 0 unspecified atom stereocenters. The summed E-state index contributed by atoms with van der Waals surface area (Å²) in [7, 11) is 0. The zero-order valence-corrected chi connectivity index (χ0v) is 14.2. The van der Waals surface area contributed by atoms with E-state index in [1.165, 1.54) is 0 Å². The highest BCUT2D eigenvalue weighted by Gasteiger charge is 2.14. The van der Waals surface area contributed by atoms with Crippen LogP contribution in [-0.2, 0) is 0 Å². The second-order valence-electron chi connectivity index (χ2n) is 5.73. The predicted molar refractivity (Wildman–Crippen MR) is 95.5 cm³/mol. The van der Waals surface area contributed by atoms with E-state index < -0.39 is 0 Å². The highest BCUT2D eigenvalue weighted by atomic mass is 35.5. The Balaban J connectivity index is 1.99. The molecular weight excluding hydrogens is 326 g/mol. The molecule has 0 radical (unpaired) electrons. The number of fused-ring (bicyclic) bond motifs is 1. The predicted octanol–water partition coefficient (Wildman–Crippen LogP) is 3.74. The first-order valence-corrected chi connectivity index (χ1v) is 8.03. The molecule has 0 spiro atoms. The van der Waals surface area contributed by atoms with Crippen LogP contribution in [0.4, 0.5) is 0 Å². The Morgan fingerprint density at radius 3 is 2.71 bits per heavy atom. The number of halogens is 1. The molecule has 2 atom stereocenters. The number of ether oxygens (including phenoxy) is 1. The number of benzene rings is 1. The molecule has 3 N–H and O–H groups in total. The van der Waals surface area contributed by atoms with Crippen molar-refractivity contribution in [2.75, 3.05) is 0 Å². The number of aromatic amines is 1. The van der Waals surface area contributed by atoms with Crippen molar-refractivity contribution in [3.63, 3.8) is 0 Å². The average molecular weight is 344 g/mol. The number of aromatic nitrogens is 2. The summed E-state index contributed by atoms with van der Waals surface area (Å²) < 4.78 is 5.92. The van der Waals surface area contributed by atoms with Crippen LogP contribution in [0.15, 0.2) is 47.4 Å². The van der Waals surface area contributed by atoms with Gasteiger partial charge in [0, 0.05) is 29.3 Å². The van der Waals surface area contributed by atoms with Gasteiger partial charge in [-0.15, -0.1) is 0 Å². The van der Waals surface area contributed by atoms with E-state index in [1.807, 2.05) is 25.1 Å². The van der Waals surface area contributed by atoms with Gasteiger partial charge in [0.25, 0.3) is 5.56 Å². The van der Waals surface area contributed by atoms with Crippen molar-refractivity contribution in [1.29, 1.82) is 0 Å². The lowest BCUT2D eigenvalue weighted by Gasteiger charge is -2.16. The van der Waals surface area contributed by atoms with Gasteiger partial charge >= 0.3 is 0 Å². The lowest BCUT2D eigenvalue weighted by atomic mass is 10.1. The number of nitrogens with zero attached hydrogens (tertiary/aromatic N) is 1. The van der Waals surface area contributed by atoms with Crippen LogP contribution in [0.25, 0.3) is 10.9 Å². The van der Waals surface area contributed by atoms with Crippen molar-refractivity contribution in [1.82, 2.24) is 9.97 Å². The first-order chi connectivity index (χ1) is 11.5. The Kier molecular flexibility index (Phi) is 4.55. The summed E-state index contributed by atoms with van der Waals surface area (Å²) >= 11 is 6.34. The average Bonchev–Trinajstić information content (AvgIpc) is 2.56. The minimum atomic E-state index is -0.350. The zero-order chi connectivity index (χ0) is 17.3. The standard InChI is InChI=1S/C18H18ClN3O2/c1-10(20)13-7-12-8-14(19)17(9-16(12)22-18(13)23)24-11(2)15-5-3-4-6-21-15/h3-11H,20H2,1-2H3,(H,22,23)/t10-,11+/m0/s1. The van der Waals surface area contributed by atoms with Gasteiger partial charge in [-0.05, 0) is 38.1 Å². The molecule has 0 saturated heterocycles. The summed E-state index contributed by atoms with van der Waals surface area (Å²) in [4.78, 5) is 19.2. The molecule has 3 rings (SSSR count). The second-order valence-corrected chi connectivity index (χ2v) is 6.13. The number of hydrogen-bond acceptors (Lipinski definition) is 4. The molecule has 5 nitrogen and oxygen atoms in total. The highest BCUT2D eigenvalue weighted by molar-refractivity contribution is 6.32. The van der Waals surface area contributed by atoms with E-state index in [9.17, 15) is 4.79 Å². The second kappa shape index (κ2) is 6.63. The van der Waals surface area contributed by atoms with Gasteiger partial charge in [-0.3, -0.25) is 9.78 Å².